The number of nitrogens with zero attached hydrogens (tertiary/aromatic N) is 4. The number of halogens is 1. The number of pyridine rings is 1. The van der Waals surface area contributed by atoms with Crippen molar-refractivity contribution in [1.82, 2.24) is 19.7 Å². The summed E-state index contributed by atoms with van der Waals surface area (Å²) < 4.78 is 33.3. The number of amides is 1. The van der Waals surface area contributed by atoms with Crippen LogP contribution in [0.5, 0.6) is 5.75 Å². The highest BCUT2D eigenvalue weighted by Crippen LogP contribution is 2.33. The summed E-state index contributed by atoms with van der Waals surface area (Å²) in [5.74, 6) is -0.00251. The van der Waals surface area contributed by atoms with E-state index in [2.05, 4.69) is 15.4 Å². The number of methoxy groups -OCH3 is 1. The van der Waals surface area contributed by atoms with Crippen molar-refractivity contribution in [2.45, 2.75) is 44.9 Å². The zero-order valence-electron chi connectivity index (χ0n) is 27.5. The lowest BCUT2D eigenvalue weighted by molar-refractivity contribution is -0.127. The van der Waals surface area contributed by atoms with Crippen molar-refractivity contribution in [2.24, 2.45) is 0 Å². The summed E-state index contributed by atoms with van der Waals surface area (Å²) in [6.45, 7) is 6.50. The molecule has 0 fully saturated rings. The number of allylic oxidation sites excluding steroid dienone is 2. The lowest BCUT2D eigenvalue weighted by atomic mass is 9.86. The van der Waals surface area contributed by atoms with Crippen molar-refractivity contribution in [3.8, 4) is 11.4 Å². The normalized spacial score (nSPS) is 17.1. The Labute approximate surface area is 277 Å². The van der Waals surface area contributed by atoms with Gasteiger partial charge in [0, 0.05) is 25.1 Å². The van der Waals surface area contributed by atoms with Crippen LogP contribution >= 0.6 is 0 Å². The monoisotopic (exact) mass is 655 g/mol. The predicted molar refractivity (Wildman–Crippen MR) is 180 cm³/mol. The molecule has 1 amide bonds. The van der Waals surface area contributed by atoms with Crippen LogP contribution in [0.4, 0.5) is 10.2 Å². The van der Waals surface area contributed by atoms with Crippen LogP contribution in [0.2, 0.25) is 0 Å². The van der Waals surface area contributed by atoms with Crippen LogP contribution in [0, 0.1) is 5.82 Å². The number of aliphatic hydroxyl groups excluding tert-OH is 1. The summed E-state index contributed by atoms with van der Waals surface area (Å²) in [6.07, 6.45) is 5.94. The first-order valence-corrected chi connectivity index (χ1v) is 15.6. The van der Waals surface area contributed by atoms with E-state index < -0.39 is 17.5 Å². The van der Waals surface area contributed by atoms with Crippen molar-refractivity contribution >= 4 is 28.1 Å². The third-order valence-corrected chi connectivity index (χ3v) is 8.45. The second-order valence-electron chi connectivity index (χ2n) is 12.9. The van der Waals surface area contributed by atoms with Gasteiger partial charge in [-0.1, -0.05) is 39.0 Å². The van der Waals surface area contributed by atoms with Gasteiger partial charge in [-0.2, -0.15) is 9.78 Å². The van der Waals surface area contributed by atoms with Gasteiger partial charge >= 0.3 is 0 Å². The number of carbonyl (C=O) groups excluding carboxylic acids is 1. The quantitative estimate of drug-likeness (QED) is 0.285. The Balaban J connectivity index is 1.36. The van der Waals surface area contributed by atoms with Crippen LogP contribution in [0.1, 0.15) is 37.5 Å². The van der Waals surface area contributed by atoms with E-state index in [0.29, 0.717) is 28.2 Å². The smallest absolute Gasteiger partial charge is 0.282 e. The first-order chi connectivity index (χ1) is 22.9. The van der Waals surface area contributed by atoms with E-state index in [1.54, 1.807) is 42.3 Å². The molecule has 0 saturated heterocycles. The lowest BCUT2D eigenvalue weighted by Gasteiger charge is -2.27. The molecule has 2 bridgehead atoms. The van der Waals surface area contributed by atoms with Crippen molar-refractivity contribution in [3.63, 3.8) is 0 Å². The van der Waals surface area contributed by atoms with Gasteiger partial charge in [0.05, 0.1) is 49.3 Å². The molecule has 250 valence electrons. The van der Waals surface area contributed by atoms with Gasteiger partial charge in [-0.05, 0) is 58.5 Å². The van der Waals surface area contributed by atoms with E-state index >= 15 is 4.39 Å². The highest BCUT2D eigenvalue weighted by atomic mass is 19.1. The molecule has 2 aliphatic heterocycles. The van der Waals surface area contributed by atoms with E-state index in [4.69, 9.17) is 14.2 Å². The zero-order valence-corrected chi connectivity index (χ0v) is 27.5. The summed E-state index contributed by atoms with van der Waals surface area (Å²) in [7, 11) is 3.20. The molecule has 6 rings (SSSR count). The standard InChI is InChI=1S/C36H38FN5O6/c1-36(2,3)23-11-22-15-39-42(35(45)33(22)29(37)14-23)31-8-6-7-27-21-12-24(17-47-20-28(27)31)41(4)34(44)30(13-21)40-32-10-9-26(16-38-32)48-19-25(43)18-46-5/h6-16,24-25,43H,17-20H2,1-5H3,(H,38,40)/t24?,25-/m1/s1. The Hall–Kier alpha value is -4.91. The summed E-state index contributed by atoms with van der Waals surface area (Å²) in [5.41, 5.74) is 2.77. The van der Waals surface area contributed by atoms with Gasteiger partial charge in [-0.25, -0.2) is 9.37 Å². The Morgan fingerprint density at radius 3 is 2.69 bits per heavy atom. The largest absolute Gasteiger partial charge is 0.489 e. The molecule has 48 heavy (non-hydrogen) atoms. The minimum absolute atomic E-state index is 0.0372. The number of hydrogen-bond donors (Lipinski definition) is 2. The third kappa shape index (κ3) is 6.59. The number of benzene rings is 2. The van der Waals surface area contributed by atoms with Gasteiger partial charge in [-0.15, -0.1) is 0 Å². The number of nitrogens with one attached hydrogen (secondary N) is 1. The Morgan fingerprint density at radius 1 is 1.15 bits per heavy atom. The van der Waals surface area contributed by atoms with Gasteiger partial charge in [0.1, 0.15) is 35.8 Å². The number of ether oxygens (including phenoxy) is 3. The number of likely N-dealkylation sites (N-methyl/N-ethyl adjacent to an activating group) is 1. The molecule has 4 heterocycles. The fourth-order valence-electron chi connectivity index (χ4n) is 5.77. The zero-order chi connectivity index (χ0) is 34.2. The highest BCUT2D eigenvalue weighted by molar-refractivity contribution is 6.01. The van der Waals surface area contributed by atoms with Gasteiger partial charge in [0.15, 0.2) is 0 Å². The summed E-state index contributed by atoms with van der Waals surface area (Å²) in [5, 5.41) is 17.8. The van der Waals surface area contributed by atoms with Crippen molar-refractivity contribution in [3.05, 3.63) is 106 Å². The first-order valence-electron chi connectivity index (χ1n) is 15.6. The molecule has 0 saturated carbocycles. The minimum Gasteiger partial charge on any atom is -0.489 e. The maximum atomic E-state index is 15.5. The van der Waals surface area contributed by atoms with Gasteiger partial charge < -0.3 is 29.5 Å². The summed E-state index contributed by atoms with van der Waals surface area (Å²) in [6, 6.07) is 11.7. The van der Waals surface area contributed by atoms with E-state index in [1.165, 1.54) is 30.3 Å². The number of fused-ring (bicyclic) bond motifs is 4. The molecule has 0 aliphatic carbocycles. The molecule has 2 N–H and O–H groups in total. The van der Waals surface area contributed by atoms with E-state index in [1.807, 2.05) is 39.0 Å². The van der Waals surface area contributed by atoms with E-state index in [0.717, 1.165) is 16.7 Å². The summed E-state index contributed by atoms with van der Waals surface area (Å²) in [4.78, 5) is 33.4. The summed E-state index contributed by atoms with van der Waals surface area (Å²) >= 11 is 0. The fraction of sp³-hybridized carbons (Fsp3) is 0.333. The first kappa shape index (κ1) is 33.0. The molecule has 1 unspecified atom stereocenters. The predicted octanol–water partition coefficient (Wildman–Crippen LogP) is 4.35. The third-order valence-electron chi connectivity index (χ3n) is 8.45. The Morgan fingerprint density at radius 2 is 1.96 bits per heavy atom. The molecular weight excluding hydrogens is 617 g/mol. The molecule has 0 spiro atoms. The van der Waals surface area contributed by atoms with Gasteiger partial charge in [0.2, 0.25) is 0 Å². The molecule has 11 nitrogen and oxygen atoms in total. The number of anilines is 1. The maximum Gasteiger partial charge on any atom is 0.282 e. The Bertz CT molecular complexity index is 1980. The van der Waals surface area contributed by atoms with Crippen molar-refractivity contribution < 1.29 is 28.5 Å². The molecular formula is C36H38FN5O6. The Kier molecular flexibility index (Phi) is 9.15. The number of aliphatic hydroxyl groups is 1. The van der Waals surface area contributed by atoms with Crippen LogP contribution in [-0.2, 0) is 26.3 Å². The van der Waals surface area contributed by atoms with Crippen LogP contribution in [0.15, 0.2) is 77.5 Å². The van der Waals surface area contributed by atoms with E-state index in [-0.39, 0.29) is 54.9 Å². The number of rotatable bonds is 8. The molecule has 2 aliphatic rings. The molecule has 0 radical (unpaired) electrons. The second-order valence-corrected chi connectivity index (χ2v) is 12.9. The minimum atomic E-state index is -0.774. The number of aromatic nitrogens is 3. The molecule has 4 aromatic rings. The second kappa shape index (κ2) is 13.3. The van der Waals surface area contributed by atoms with Crippen molar-refractivity contribution in [1.29, 1.82) is 0 Å². The van der Waals surface area contributed by atoms with Crippen molar-refractivity contribution in [2.75, 3.05) is 39.3 Å². The van der Waals surface area contributed by atoms with Crippen LogP contribution in [0.25, 0.3) is 22.0 Å². The molecule has 2 aromatic heterocycles. The highest BCUT2D eigenvalue weighted by Gasteiger charge is 2.29. The van der Waals surface area contributed by atoms with Gasteiger partial charge in [-0.3, -0.25) is 9.59 Å². The lowest BCUT2D eigenvalue weighted by Crippen LogP contribution is -2.40. The topological polar surface area (TPSA) is 128 Å². The van der Waals surface area contributed by atoms with Gasteiger partial charge in [0.25, 0.3) is 11.5 Å². The van der Waals surface area contributed by atoms with Crippen LogP contribution < -0.4 is 15.6 Å². The SMILES string of the molecule is COC[C@@H](O)COc1ccc(NC2=CC3=CC(COCc4c3cccc4-n3ncc4cc(C(C)(C)C)cc(F)c4c3=O)N(C)C2=O)nc1. The average molecular weight is 656 g/mol. The van der Waals surface area contributed by atoms with Crippen LogP contribution in [-0.4, -0.2) is 76.8 Å². The number of carbonyl (C=O) groups is 1. The fourth-order valence-corrected chi connectivity index (χ4v) is 5.77. The van der Waals surface area contributed by atoms with Crippen LogP contribution in [0.3, 0.4) is 0 Å². The molecule has 2 aromatic carbocycles. The average Bonchev–Trinajstić information content (AvgIpc) is 3.16. The maximum absolute atomic E-state index is 15.5. The molecule has 2 atom stereocenters. The number of hydrogen-bond acceptors (Lipinski definition) is 9. The molecule has 12 heteroatoms. The van der Waals surface area contributed by atoms with E-state index in [9.17, 15) is 14.7 Å².